The molecule has 0 aromatic heterocycles. The first kappa shape index (κ1) is 31.9. The Morgan fingerprint density at radius 1 is 1.21 bits per heavy atom. The number of ether oxygens (including phenoxy) is 1. The van der Waals surface area contributed by atoms with E-state index in [1.54, 1.807) is 13.0 Å². The lowest BCUT2D eigenvalue weighted by atomic mass is 9.94. The number of hydrogen-bond donors (Lipinski definition) is 5. The van der Waals surface area contributed by atoms with E-state index in [0.29, 0.717) is 18.5 Å². The van der Waals surface area contributed by atoms with Crippen molar-refractivity contribution in [3.05, 3.63) is 12.2 Å². The number of halogens is 1. The number of allylic oxidation sites excluding steroid dienone is 1. The standard InChI is InChI=1S/C29H54FN7O2/c1-4-6-7-22(5-2)8-9-23(30)18-34-21(3)27(28(31)32)29(38)35-25-19-33-12-10-26(25)37-15-13-36(14-16-37)24-11-17-39-20-24/h8-9,21-27,33-34H,4-7,10-20H2,1-3H3,(H3,31,32)(H,35,38)/b9-8-/t21?,22?,23?,24-,25?,26?,27?/m0/s1. The van der Waals surface area contributed by atoms with Crippen molar-refractivity contribution in [1.82, 2.24) is 25.8 Å². The first-order chi connectivity index (χ1) is 18.8. The van der Waals surface area contributed by atoms with E-state index >= 15 is 0 Å². The summed E-state index contributed by atoms with van der Waals surface area (Å²) >= 11 is 0. The van der Waals surface area contributed by atoms with E-state index in [-0.39, 0.29) is 30.4 Å². The van der Waals surface area contributed by atoms with E-state index in [4.69, 9.17) is 15.9 Å². The first-order valence-corrected chi connectivity index (χ1v) is 15.3. The van der Waals surface area contributed by atoms with Crippen LogP contribution in [0.1, 0.15) is 59.3 Å². The van der Waals surface area contributed by atoms with Crippen LogP contribution in [-0.4, -0.2) is 111 Å². The van der Waals surface area contributed by atoms with Crippen molar-refractivity contribution in [3.63, 3.8) is 0 Å². The molecule has 10 heteroatoms. The molecule has 9 nitrogen and oxygen atoms in total. The number of alkyl halides is 1. The molecule has 6 N–H and O–H groups in total. The molecular formula is C29H54FN7O2. The molecule has 0 aromatic rings. The van der Waals surface area contributed by atoms with Crippen LogP contribution in [0.3, 0.4) is 0 Å². The minimum absolute atomic E-state index is 0.0624. The van der Waals surface area contributed by atoms with E-state index in [9.17, 15) is 9.18 Å². The molecule has 3 aliphatic rings. The third-order valence-electron chi connectivity index (χ3n) is 8.81. The minimum atomic E-state index is -1.15. The van der Waals surface area contributed by atoms with E-state index in [0.717, 1.165) is 84.5 Å². The van der Waals surface area contributed by atoms with Gasteiger partial charge in [-0.3, -0.25) is 20.0 Å². The maximum absolute atomic E-state index is 14.6. The molecule has 3 rings (SSSR count). The van der Waals surface area contributed by atoms with Crippen LogP contribution in [0.4, 0.5) is 4.39 Å². The van der Waals surface area contributed by atoms with Crippen LogP contribution < -0.4 is 21.7 Å². The average molecular weight is 552 g/mol. The van der Waals surface area contributed by atoms with E-state index in [1.165, 1.54) is 0 Å². The maximum Gasteiger partial charge on any atom is 0.232 e. The highest BCUT2D eigenvalue weighted by Gasteiger charge is 2.37. The summed E-state index contributed by atoms with van der Waals surface area (Å²) in [6.45, 7) is 13.5. The summed E-state index contributed by atoms with van der Waals surface area (Å²) in [5.74, 6) is -0.916. The van der Waals surface area contributed by atoms with E-state index in [2.05, 4.69) is 39.6 Å². The molecule has 3 fully saturated rings. The number of nitrogens with two attached hydrogens (primary N) is 1. The van der Waals surface area contributed by atoms with Gasteiger partial charge in [0.2, 0.25) is 5.91 Å². The largest absolute Gasteiger partial charge is 0.387 e. The normalized spacial score (nSPS) is 28.3. The molecule has 0 radical (unpaired) electrons. The smallest absolute Gasteiger partial charge is 0.232 e. The van der Waals surface area contributed by atoms with Crippen molar-refractivity contribution in [3.8, 4) is 0 Å². The van der Waals surface area contributed by atoms with Gasteiger partial charge < -0.3 is 26.4 Å². The second-order valence-corrected chi connectivity index (χ2v) is 11.6. The summed E-state index contributed by atoms with van der Waals surface area (Å²) in [7, 11) is 0. The Bertz CT molecular complexity index is 771. The second kappa shape index (κ2) is 16.6. The molecule has 39 heavy (non-hydrogen) atoms. The van der Waals surface area contributed by atoms with Gasteiger partial charge in [-0.15, -0.1) is 0 Å². The quantitative estimate of drug-likeness (QED) is 0.120. The van der Waals surface area contributed by atoms with Gasteiger partial charge in [0.1, 0.15) is 17.9 Å². The number of nitrogens with zero attached hydrogens (tertiary/aromatic N) is 2. The van der Waals surface area contributed by atoms with Crippen LogP contribution >= 0.6 is 0 Å². The van der Waals surface area contributed by atoms with Gasteiger partial charge >= 0.3 is 0 Å². The Morgan fingerprint density at radius 3 is 2.59 bits per heavy atom. The van der Waals surface area contributed by atoms with Gasteiger partial charge in [0, 0.05) is 64.0 Å². The summed E-state index contributed by atoms with van der Waals surface area (Å²) in [5, 5.41) is 17.9. The van der Waals surface area contributed by atoms with Crippen LogP contribution in [-0.2, 0) is 9.53 Å². The van der Waals surface area contributed by atoms with Crippen LogP contribution in [0.15, 0.2) is 12.2 Å². The number of piperidine rings is 1. The fourth-order valence-electron chi connectivity index (χ4n) is 6.25. The minimum Gasteiger partial charge on any atom is -0.387 e. The molecule has 3 heterocycles. The number of carbonyl (C=O) groups excluding carboxylic acids is 1. The number of carbonyl (C=O) groups is 1. The Labute approximate surface area is 235 Å². The zero-order valence-electron chi connectivity index (χ0n) is 24.5. The fraction of sp³-hybridized carbons (Fsp3) is 0.862. The van der Waals surface area contributed by atoms with Crippen LogP contribution in [0.2, 0.25) is 0 Å². The highest BCUT2D eigenvalue weighted by atomic mass is 19.1. The molecule has 0 aliphatic carbocycles. The lowest BCUT2D eigenvalue weighted by Gasteiger charge is -2.45. The lowest BCUT2D eigenvalue weighted by Crippen LogP contribution is -2.64. The predicted molar refractivity (Wildman–Crippen MR) is 156 cm³/mol. The van der Waals surface area contributed by atoms with Gasteiger partial charge in [0.05, 0.1) is 12.6 Å². The first-order valence-electron chi connectivity index (χ1n) is 15.3. The zero-order chi connectivity index (χ0) is 28.2. The number of amidine groups is 1. The van der Waals surface area contributed by atoms with Gasteiger partial charge in [-0.2, -0.15) is 0 Å². The molecule has 3 aliphatic heterocycles. The van der Waals surface area contributed by atoms with Gasteiger partial charge in [0.25, 0.3) is 0 Å². The Hall–Kier alpha value is -1.59. The molecule has 1 amide bonds. The van der Waals surface area contributed by atoms with Crippen molar-refractivity contribution >= 4 is 11.7 Å². The highest BCUT2D eigenvalue weighted by molar-refractivity contribution is 6.01. The Balaban J connectivity index is 1.51. The topological polar surface area (TPSA) is 119 Å². The predicted octanol–water partition coefficient (Wildman–Crippen LogP) is 1.88. The Morgan fingerprint density at radius 2 is 1.95 bits per heavy atom. The fourth-order valence-corrected chi connectivity index (χ4v) is 6.25. The molecule has 224 valence electrons. The molecule has 0 aromatic carbocycles. The highest BCUT2D eigenvalue weighted by Crippen LogP contribution is 2.20. The van der Waals surface area contributed by atoms with Crippen molar-refractivity contribution in [1.29, 1.82) is 5.41 Å². The number of nitrogens with one attached hydrogen (secondary N) is 4. The third-order valence-corrected chi connectivity index (χ3v) is 8.81. The monoisotopic (exact) mass is 551 g/mol. The summed E-state index contributed by atoms with van der Waals surface area (Å²) in [4.78, 5) is 18.4. The SMILES string of the molecule is CCCCC(/C=C\C(F)CNC(C)C(C(=N)N)C(=O)NC1CNCCC1N1CCN([C@H]2CCOC2)CC1)CC. The summed E-state index contributed by atoms with van der Waals surface area (Å²) < 4.78 is 20.2. The number of hydrogen-bond acceptors (Lipinski definition) is 7. The number of unbranched alkanes of at least 4 members (excludes halogenated alkanes) is 1. The maximum atomic E-state index is 14.6. The second-order valence-electron chi connectivity index (χ2n) is 11.6. The average Bonchev–Trinajstić information content (AvgIpc) is 3.47. The van der Waals surface area contributed by atoms with Gasteiger partial charge in [-0.25, -0.2) is 4.39 Å². The Kier molecular flexibility index (Phi) is 13.6. The number of piperazine rings is 1. The third kappa shape index (κ3) is 9.78. The summed E-state index contributed by atoms with van der Waals surface area (Å²) in [5.41, 5.74) is 5.90. The molecular weight excluding hydrogens is 497 g/mol. The van der Waals surface area contributed by atoms with Gasteiger partial charge in [-0.1, -0.05) is 38.8 Å². The van der Waals surface area contributed by atoms with E-state index in [1.807, 2.05) is 6.08 Å². The lowest BCUT2D eigenvalue weighted by molar-refractivity contribution is -0.125. The molecule has 3 saturated heterocycles. The number of amides is 1. The van der Waals surface area contributed by atoms with Crippen molar-refractivity contribution in [2.75, 3.05) is 59.0 Å². The van der Waals surface area contributed by atoms with Crippen LogP contribution in [0.5, 0.6) is 0 Å². The number of rotatable bonds is 15. The van der Waals surface area contributed by atoms with E-state index < -0.39 is 18.1 Å². The molecule has 6 unspecified atom stereocenters. The molecule has 0 bridgehead atoms. The van der Waals surface area contributed by atoms with Crippen molar-refractivity contribution in [2.24, 2.45) is 17.6 Å². The molecule has 0 spiro atoms. The van der Waals surface area contributed by atoms with Crippen molar-refractivity contribution < 1.29 is 13.9 Å². The van der Waals surface area contributed by atoms with Crippen LogP contribution in [0.25, 0.3) is 0 Å². The summed E-state index contributed by atoms with van der Waals surface area (Å²) in [6.07, 6.45) is 8.90. The van der Waals surface area contributed by atoms with Crippen LogP contribution in [0, 0.1) is 17.2 Å². The molecule has 7 atom stereocenters. The summed E-state index contributed by atoms with van der Waals surface area (Å²) in [6, 6.07) is 0.262. The molecule has 0 saturated carbocycles. The van der Waals surface area contributed by atoms with Gasteiger partial charge in [-0.05, 0) is 45.1 Å². The zero-order valence-corrected chi connectivity index (χ0v) is 24.5. The van der Waals surface area contributed by atoms with Crippen molar-refractivity contribution in [2.45, 2.75) is 89.6 Å². The van der Waals surface area contributed by atoms with Gasteiger partial charge in [0.15, 0.2) is 0 Å².